The molecule has 0 bridgehead atoms. The van der Waals surface area contributed by atoms with Gasteiger partial charge in [0.1, 0.15) is 5.75 Å². The molecule has 1 aromatic rings. The second kappa shape index (κ2) is 5.38. The summed E-state index contributed by atoms with van der Waals surface area (Å²) in [5.41, 5.74) is -1.84. The number of phenolic OH excluding ortho intramolecular Hbond substituents is 1. The maximum Gasteiger partial charge on any atom is 0.460 e. The zero-order valence-electron chi connectivity index (χ0n) is 11.1. The average molecular weight is 318 g/mol. The minimum absolute atomic E-state index is 0.104. The molecule has 1 unspecified atom stereocenters. The van der Waals surface area contributed by atoms with E-state index in [4.69, 9.17) is 0 Å². The number of hydrogen-bond donors (Lipinski definition) is 1. The summed E-state index contributed by atoms with van der Waals surface area (Å²) in [7, 11) is 0. The zero-order chi connectivity index (χ0) is 16.6. The Kier molecular flexibility index (Phi) is 4.51. The van der Waals surface area contributed by atoms with E-state index in [0.29, 0.717) is 12.5 Å². The van der Waals surface area contributed by atoms with E-state index in [2.05, 4.69) is 0 Å². The Bertz CT molecular complexity index is 508. The highest BCUT2D eigenvalue weighted by molar-refractivity contribution is 5.45. The maximum absolute atomic E-state index is 13.6. The van der Waals surface area contributed by atoms with Crippen molar-refractivity contribution >= 4 is 0 Å². The molecule has 0 heterocycles. The molecule has 0 saturated carbocycles. The second-order valence-corrected chi connectivity index (χ2v) is 4.70. The van der Waals surface area contributed by atoms with E-state index >= 15 is 0 Å². The fraction of sp³-hybridized carbons (Fsp3) is 0.538. The minimum atomic E-state index is -6.44. The average Bonchev–Trinajstić information content (AvgIpc) is 2.36. The largest absolute Gasteiger partial charge is 0.507 e. The Morgan fingerprint density at radius 1 is 1.05 bits per heavy atom. The van der Waals surface area contributed by atoms with Gasteiger partial charge in [-0.2, -0.15) is 30.7 Å². The van der Waals surface area contributed by atoms with E-state index in [-0.39, 0.29) is 5.56 Å². The van der Waals surface area contributed by atoms with Crippen LogP contribution in [0.4, 0.5) is 30.7 Å². The lowest BCUT2D eigenvalue weighted by molar-refractivity contribution is -0.359. The summed E-state index contributed by atoms with van der Waals surface area (Å²) in [5, 5.41) is 9.67. The second-order valence-electron chi connectivity index (χ2n) is 4.70. The van der Waals surface area contributed by atoms with Crippen LogP contribution in [0, 0.1) is 0 Å². The standard InChI is InChI=1S/C13H13F7O/c1-3-7(2)8-5-4-6-9(10(8)21)11(14,15)12(16,17)13(18,19)20/h4-7,21H,3H2,1-2H3. The van der Waals surface area contributed by atoms with Crippen molar-refractivity contribution in [2.45, 2.75) is 44.2 Å². The lowest BCUT2D eigenvalue weighted by Crippen LogP contribution is -2.50. The number of phenols is 1. The molecular weight excluding hydrogens is 305 g/mol. The summed E-state index contributed by atoms with van der Waals surface area (Å²) in [4.78, 5) is 0. The molecule has 1 atom stereocenters. The van der Waals surface area contributed by atoms with Crippen LogP contribution < -0.4 is 0 Å². The quantitative estimate of drug-likeness (QED) is 0.757. The zero-order valence-corrected chi connectivity index (χ0v) is 11.1. The topological polar surface area (TPSA) is 20.2 Å². The van der Waals surface area contributed by atoms with Crippen molar-refractivity contribution in [3.63, 3.8) is 0 Å². The van der Waals surface area contributed by atoms with Gasteiger partial charge in [0, 0.05) is 0 Å². The van der Waals surface area contributed by atoms with Crippen molar-refractivity contribution in [1.29, 1.82) is 0 Å². The van der Waals surface area contributed by atoms with Crippen LogP contribution in [-0.2, 0) is 5.92 Å². The van der Waals surface area contributed by atoms with Gasteiger partial charge in [0.15, 0.2) is 0 Å². The van der Waals surface area contributed by atoms with Gasteiger partial charge < -0.3 is 5.11 Å². The number of benzene rings is 1. The van der Waals surface area contributed by atoms with Gasteiger partial charge in [0.05, 0.1) is 5.56 Å². The van der Waals surface area contributed by atoms with E-state index in [1.807, 2.05) is 0 Å². The number of hydrogen-bond acceptors (Lipinski definition) is 1. The molecule has 0 radical (unpaired) electrons. The van der Waals surface area contributed by atoms with Crippen LogP contribution in [0.25, 0.3) is 0 Å². The number of para-hydroxylation sites is 1. The Hall–Kier alpha value is -1.47. The van der Waals surface area contributed by atoms with Gasteiger partial charge in [-0.05, 0) is 24.0 Å². The molecule has 8 heteroatoms. The van der Waals surface area contributed by atoms with Gasteiger partial charge in [0.2, 0.25) is 0 Å². The van der Waals surface area contributed by atoms with Gasteiger partial charge in [-0.1, -0.05) is 26.0 Å². The third-order valence-electron chi connectivity index (χ3n) is 3.30. The predicted octanol–water partition coefficient (Wildman–Crippen LogP) is 5.20. The maximum atomic E-state index is 13.6. The van der Waals surface area contributed by atoms with Gasteiger partial charge >= 0.3 is 18.0 Å². The van der Waals surface area contributed by atoms with Crippen LogP contribution in [0.1, 0.15) is 37.3 Å². The molecule has 0 saturated heterocycles. The van der Waals surface area contributed by atoms with E-state index in [0.717, 1.165) is 6.07 Å². The lowest BCUT2D eigenvalue weighted by atomic mass is 9.92. The summed E-state index contributed by atoms with van der Waals surface area (Å²) < 4.78 is 89.7. The summed E-state index contributed by atoms with van der Waals surface area (Å²) in [6.45, 7) is 3.18. The highest BCUT2D eigenvalue weighted by atomic mass is 19.4. The minimum Gasteiger partial charge on any atom is -0.507 e. The first-order chi connectivity index (χ1) is 9.38. The molecule has 0 aliphatic heterocycles. The summed E-state index contributed by atoms with van der Waals surface area (Å²) in [6, 6.07) is 2.48. The van der Waals surface area contributed by atoms with Crippen LogP contribution in [0.3, 0.4) is 0 Å². The number of halogens is 7. The van der Waals surface area contributed by atoms with Crippen molar-refractivity contribution in [3.8, 4) is 5.75 Å². The molecule has 0 aliphatic rings. The van der Waals surface area contributed by atoms with E-state index < -0.39 is 35.3 Å². The van der Waals surface area contributed by atoms with E-state index in [1.165, 1.54) is 13.0 Å². The fourth-order valence-electron chi connectivity index (χ4n) is 1.78. The van der Waals surface area contributed by atoms with Crippen molar-refractivity contribution in [1.82, 2.24) is 0 Å². The van der Waals surface area contributed by atoms with E-state index in [9.17, 15) is 35.8 Å². The highest BCUT2D eigenvalue weighted by Crippen LogP contribution is 2.54. The molecule has 1 nitrogen and oxygen atoms in total. The monoisotopic (exact) mass is 318 g/mol. The first-order valence-corrected chi connectivity index (χ1v) is 6.02. The van der Waals surface area contributed by atoms with Gasteiger partial charge in [0.25, 0.3) is 0 Å². The molecule has 0 aromatic heterocycles. The molecule has 1 aromatic carbocycles. The molecule has 0 spiro atoms. The van der Waals surface area contributed by atoms with E-state index in [1.54, 1.807) is 6.92 Å². The van der Waals surface area contributed by atoms with Crippen LogP contribution in [0.15, 0.2) is 18.2 Å². The number of alkyl halides is 7. The van der Waals surface area contributed by atoms with Crippen molar-refractivity contribution < 1.29 is 35.8 Å². The Labute approximate surface area is 116 Å². The summed E-state index contributed by atoms with van der Waals surface area (Å²) in [6.07, 6.45) is -6.05. The van der Waals surface area contributed by atoms with Crippen molar-refractivity contribution in [2.75, 3.05) is 0 Å². The van der Waals surface area contributed by atoms with Gasteiger partial charge in [-0.25, -0.2) is 0 Å². The summed E-state index contributed by atoms with van der Waals surface area (Å²) in [5.74, 6) is -13.6. The van der Waals surface area contributed by atoms with Crippen molar-refractivity contribution in [3.05, 3.63) is 29.3 Å². The normalized spacial score (nSPS) is 15.1. The molecule has 1 rings (SSSR count). The van der Waals surface area contributed by atoms with Crippen LogP contribution >= 0.6 is 0 Å². The Morgan fingerprint density at radius 3 is 2.00 bits per heavy atom. The first kappa shape index (κ1) is 17.6. The Balaban J connectivity index is 3.46. The van der Waals surface area contributed by atoms with Crippen molar-refractivity contribution in [2.24, 2.45) is 0 Å². The van der Waals surface area contributed by atoms with Crippen LogP contribution in [0.5, 0.6) is 5.75 Å². The van der Waals surface area contributed by atoms with Crippen LogP contribution in [0.2, 0.25) is 0 Å². The molecule has 120 valence electrons. The predicted molar refractivity (Wildman–Crippen MR) is 61.7 cm³/mol. The summed E-state index contributed by atoms with van der Waals surface area (Å²) >= 11 is 0. The fourth-order valence-corrected chi connectivity index (χ4v) is 1.78. The smallest absolute Gasteiger partial charge is 0.460 e. The molecular formula is C13H13F7O. The lowest BCUT2D eigenvalue weighted by Gasteiger charge is -2.29. The number of rotatable bonds is 4. The third-order valence-corrected chi connectivity index (χ3v) is 3.30. The van der Waals surface area contributed by atoms with Crippen LogP contribution in [-0.4, -0.2) is 17.2 Å². The highest BCUT2D eigenvalue weighted by Gasteiger charge is 2.74. The third kappa shape index (κ3) is 2.80. The first-order valence-electron chi connectivity index (χ1n) is 6.02. The molecule has 1 N–H and O–H groups in total. The van der Waals surface area contributed by atoms with Gasteiger partial charge in [-0.15, -0.1) is 0 Å². The number of aromatic hydroxyl groups is 1. The molecule has 0 fully saturated rings. The molecule has 21 heavy (non-hydrogen) atoms. The Morgan fingerprint density at radius 2 is 1.57 bits per heavy atom. The van der Waals surface area contributed by atoms with Gasteiger partial charge in [-0.3, -0.25) is 0 Å². The molecule has 0 amide bonds. The molecule has 0 aliphatic carbocycles. The SMILES string of the molecule is CCC(C)c1cccc(C(F)(F)C(F)(F)C(F)(F)F)c1O.